The molecule has 0 fully saturated rings. The molecule has 4 bridgehead atoms. The van der Waals surface area contributed by atoms with Crippen LogP contribution in [0.15, 0.2) is 48.5 Å². The summed E-state index contributed by atoms with van der Waals surface area (Å²) in [5.41, 5.74) is 0. The third kappa shape index (κ3) is 5.18. The van der Waals surface area contributed by atoms with Crippen LogP contribution >= 0.6 is 13.3 Å². The van der Waals surface area contributed by atoms with Crippen molar-refractivity contribution in [1.82, 2.24) is 9.34 Å². The Labute approximate surface area is 189 Å². The molecule has 0 unspecified atom stereocenters. The second-order valence-corrected chi connectivity index (χ2v) is 13.0. The molecule has 1 aliphatic heterocycles. The SMILES string of the molecule is CCN(CC)P1(=S)Oc2cccc(c2)OP(=S)(N(CC)CC)Oc2cccc(c2)O1. The number of nitrogens with zero attached hydrogens (tertiary/aromatic N) is 2. The quantitative estimate of drug-likeness (QED) is 0.458. The van der Waals surface area contributed by atoms with Crippen LogP contribution in [0, 0.1) is 0 Å². The zero-order valence-electron chi connectivity index (χ0n) is 17.7. The van der Waals surface area contributed by atoms with Gasteiger partial charge in [-0.15, -0.1) is 0 Å². The Bertz CT molecular complexity index is 839. The molecule has 10 heteroatoms. The van der Waals surface area contributed by atoms with Crippen LogP contribution in [0.4, 0.5) is 0 Å². The van der Waals surface area contributed by atoms with Crippen LogP contribution in [0.5, 0.6) is 23.0 Å². The summed E-state index contributed by atoms with van der Waals surface area (Å²) in [5, 5.41) is 0. The largest absolute Gasteiger partial charge is 0.424 e. The van der Waals surface area contributed by atoms with Crippen LogP contribution in [0.1, 0.15) is 27.7 Å². The van der Waals surface area contributed by atoms with E-state index in [9.17, 15) is 0 Å². The van der Waals surface area contributed by atoms with Crippen molar-refractivity contribution in [2.75, 3.05) is 26.2 Å². The summed E-state index contributed by atoms with van der Waals surface area (Å²) in [5.74, 6) is 2.34. The van der Waals surface area contributed by atoms with Crippen LogP contribution in [0.3, 0.4) is 0 Å². The summed E-state index contributed by atoms with van der Waals surface area (Å²) in [4.78, 5) is 0. The molecule has 2 aromatic carbocycles. The Balaban J connectivity index is 2.13. The lowest BCUT2D eigenvalue weighted by Gasteiger charge is -2.34. The molecular formula is C20H28N2O4P2S2. The predicted octanol–water partition coefficient (Wildman–Crippen LogP) is 6.05. The third-order valence-electron chi connectivity index (χ3n) is 4.65. The van der Waals surface area contributed by atoms with Crippen LogP contribution < -0.4 is 18.1 Å². The Hall–Kier alpha value is -1.14. The third-order valence-corrected chi connectivity index (χ3v) is 11.2. The van der Waals surface area contributed by atoms with Gasteiger partial charge in [-0.25, -0.2) is 9.34 Å². The second kappa shape index (κ2) is 9.99. The lowest BCUT2D eigenvalue weighted by molar-refractivity contribution is 0.357. The van der Waals surface area contributed by atoms with Gasteiger partial charge in [0.2, 0.25) is 0 Å². The van der Waals surface area contributed by atoms with Gasteiger partial charge in [0.25, 0.3) is 0 Å². The lowest BCUT2D eigenvalue weighted by atomic mass is 10.3. The summed E-state index contributed by atoms with van der Waals surface area (Å²) >= 11 is 11.9. The zero-order chi connectivity index (χ0) is 21.8. The first kappa shape index (κ1) is 23.5. The molecule has 30 heavy (non-hydrogen) atoms. The van der Waals surface area contributed by atoms with Crippen molar-refractivity contribution in [3.05, 3.63) is 48.5 Å². The van der Waals surface area contributed by atoms with Gasteiger partial charge in [0.1, 0.15) is 23.0 Å². The van der Waals surface area contributed by atoms with Gasteiger partial charge >= 0.3 is 13.3 Å². The van der Waals surface area contributed by atoms with E-state index in [0.29, 0.717) is 49.2 Å². The first-order valence-electron chi connectivity index (χ1n) is 10.0. The van der Waals surface area contributed by atoms with Crippen LogP contribution in [-0.2, 0) is 23.6 Å². The minimum atomic E-state index is -2.83. The molecule has 0 atom stereocenters. The van der Waals surface area contributed by atoms with E-state index in [1.54, 1.807) is 12.1 Å². The van der Waals surface area contributed by atoms with Crippen molar-refractivity contribution in [2.45, 2.75) is 27.7 Å². The van der Waals surface area contributed by atoms with Gasteiger partial charge < -0.3 is 18.1 Å². The molecule has 164 valence electrons. The van der Waals surface area contributed by atoms with Crippen LogP contribution in [0.2, 0.25) is 0 Å². The maximum absolute atomic E-state index is 6.31. The molecule has 2 aromatic rings. The summed E-state index contributed by atoms with van der Waals surface area (Å²) in [6.07, 6.45) is 0. The average Bonchev–Trinajstić information content (AvgIpc) is 2.69. The van der Waals surface area contributed by atoms with E-state index in [4.69, 9.17) is 41.7 Å². The van der Waals surface area contributed by atoms with Gasteiger partial charge in [0.05, 0.1) is 0 Å². The molecule has 6 nitrogen and oxygen atoms in total. The van der Waals surface area contributed by atoms with Crippen LogP contribution in [0.25, 0.3) is 0 Å². The Morgan fingerprint density at radius 2 is 0.867 bits per heavy atom. The highest BCUT2D eigenvalue weighted by Crippen LogP contribution is 2.56. The molecule has 0 saturated carbocycles. The van der Waals surface area contributed by atoms with E-state index in [1.807, 2.05) is 73.4 Å². The van der Waals surface area contributed by atoms with Crippen molar-refractivity contribution in [1.29, 1.82) is 0 Å². The molecule has 1 heterocycles. The minimum Gasteiger partial charge on any atom is -0.424 e. The fourth-order valence-corrected chi connectivity index (χ4v) is 8.98. The smallest absolute Gasteiger partial charge is 0.367 e. The van der Waals surface area contributed by atoms with Gasteiger partial charge in [-0.3, -0.25) is 0 Å². The van der Waals surface area contributed by atoms with Crippen molar-refractivity contribution >= 4 is 36.9 Å². The number of benzene rings is 2. The van der Waals surface area contributed by atoms with E-state index in [0.717, 1.165) is 0 Å². The highest BCUT2D eigenvalue weighted by atomic mass is 32.5. The molecule has 0 aromatic heterocycles. The molecule has 1 aliphatic rings. The molecule has 0 amide bonds. The van der Waals surface area contributed by atoms with Crippen molar-refractivity contribution in [3.63, 3.8) is 0 Å². The number of rotatable bonds is 6. The van der Waals surface area contributed by atoms with E-state index in [2.05, 4.69) is 0 Å². The Kier molecular flexibility index (Phi) is 7.83. The summed E-state index contributed by atoms with van der Waals surface area (Å²) in [6, 6.07) is 14.7. The van der Waals surface area contributed by atoms with Gasteiger partial charge in [0.15, 0.2) is 0 Å². The Morgan fingerprint density at radius 3 is 1.10 bits per heavy atom. The number of hydrogen-bond acceptors (Lipinski definition) is 6. The molecule has 0 spiro atoms. The molecule has 0 N–H and O–H groups in total. The van der Waals surface area contributed by atoms with E-state index in [1.165, 1.54) is 0 Å². The van der Waals surface area contributed by atoms with Gasteiger partial charge in [0, 0.05) is 61.9 Å². The molecule has 3 rings (SSSR count). The van der Waals surface area contributed by atoms with E-state index < -0.39 is 13.3 Å². The lowest BCUT2D eigenvalue weighted by Crippen LogP contribution is -2.26. The summed E-state index contributed by atoms with van der Waals surface area (Å²) in [6.45, 7) is 5.34. The maximum Gasteiger partial charge on any atom is 0.367 e. The molecule has 0 aliphatic carbocycles. The second-order valence-electron chi connectivity index (χ2n) is 6.53. The van der Waals surface area contributed by atoms with Crippen molar-refractivity contribution in [2.24, 2.45) is 0 Å². The van der Waals surface area contributed by atoms with E-state index in [-0.39, 0.29) is 0 Å². The first-order valence-corrected chi connectivity index (χ1v) is 15.2. The fourth-order valence-electron chi connectivity index (χ4n) is 3.12. The standard InChI is InChI=1S/C20H28N2O4P2S2/c1-5-21(6-2)27(29)23-17-11-9-13-19(15-17)25-28(30,22(7-3)8-4)26-20-14-10-12-18(16-20)24-27/h9-16H,5-8H2,1-4H3. The Morgan fingerprint density at radius 1 is 0.600 bits per heavy atom. The molecule has 0 radical (unpaired) electrons. The summed E-state index contributed by atoms with van der Waals surface area (Å²) in [7, 11) is 0. The van der Waals surface area contributed by atoms with Gasteiger partial charge in [-0.1, -0.05) is 39.8 Å². The van der Waals surface area contributed by atoms with Crippen molar-refractivity contribution < 1.29 is 18.1 Å². The van der Waals surface area contributed by atoms with Gasteiger partial charge in [-0.2, -0.15) is 0 Å². The monoisotopic (exact) mass is 486 g/mol. The normalized spacial score (nSPS) is 23.4. The molecule has 0 saturated heterocycles. The predicted molar refractivity (Wildman–Crippen MR) is 130 cm³/mol. The van der Waals surface area contributed by atoms with Gasteiger partial charge in [-0.05, 0) is 24.3 Å². The zero-order valence-corrected chi connectivity index (χ0v) is 21.1. The fraction of sp³-hybridized carbons (Fsp3) is 0.400. The average molecular weight is 487 g/mol. The first-order chi connectivity index (χ1) is 14.4. The maximum atomic E-state index is 6.31. The highest BCUT2D eigenvalue weighted by Gasteiger charge is 2.33. The highest BCUT2D eigenvalue weighted by molar-refractivity contribution is 8.09. The summed E-state index contributed by atoms with van der Waals surface area (Å²) < 4.78 is 29.3. The number of fused-ring (bicyclic) bond motifs is 4. The van der Waals surface area contributed by atoms with E-state index >= 15 is 0 Å². The minimum absolute atomic E-state index is 0.584. The van der Waals surface area contributed by atoms with Crippen molar-refractivity contribution in [3.8, 4) is 23.0 Å². The van der Waals surface area contributed by atoms with Crippen LogP contribution in [-0.4, -0.2) is 35.5 Å². The number of hydrogen-bond donors (Lipinski definition) is 0. The molecular weight excluding hydrogens is 458 g/mol. The topological polar surface area (TPSA) is 43.4 Å².